The fraction of sp³-hybridized carbons (Fsp3) is 0.545. The van der Waals surface area contributed by atoms with Gasteiger partial charge in [0, 0.05) is 12.2 Å². The van der Waals surface area contributed by atoms with Crippen LogP contribution in [0.4, 0.5) is 0 Å². The molecule has 1 aromatic rings. The zero-order valence-corrected chi connectivity index (χ0v) is 8.09. The molecule has 2 nitrogen and oxygen atoms in total. The molecule has 1 fully saturated rings. The summed E-state index contributed by atoms with van der Waals surface area (Å²) in [5.41, 5.74) is 2.55. The molecule has 0 aromatic carbocycles. The summed E-state index contributed by atoms with van der Waals surface area (Å²) in [4.78, 5) is 4.44. The molecule has 0 radical (unpaired) electrons. The van der Waals surface area contributed by atoms with Crippen molar-refractivity contribution in [3.05, 3.63) is 29.6 Å². The van der Waals surface area contributed by atoms with E-state index in [2.05, 4.69) is 23.3 Å². The van der Waals surface area contributed by atoms with E-state index in [1.807, 2.05) is 12.3 Å². The monoisotopic (exact) mass is 176 g/mol. The minimum Gasteiger partial charge on any atom is -0.309 e. The lowest BCUT2D eigenvalue weighted by molar-refractivity contribution is 0.404. The number of rotatable bonds is 1. The fourth-order valence-corrected chi connectivity index (χ4v) is 1.95. The second kappa shape index (κ2) is 3.88. The number of aryl methyl sites for hydroxylation is 1. The van der Waals surface area contributed by atoms with Crippen LogP contribution in [0.2, 0.25) is 0 Å². The maximum absolute atomic E-state index is 4.44. The van der Waals surface area contributed by atoms with Crippen LogP contribution in [0.5, 0.6) is 0 Å². The summed E-state index contributed by atoms with van der Waals surface area (Å²) in [6.45, 7) is 3.28. The van der Waals surface area contributed by atoms with Gasteiger partial charge < -0.3 is 5.32 Å². The van der Waals surface area contributed by atoms with Gasteiger partial charge in [-0.25, -0.2) is 0 Å². The molecule has 0 saturated carbocycles. The molecule has 0 amide bonds. The van der Waals surface area contributed by atoms with Crippen molar-refractivity contribution in [3.63, 3.8) is 0 Å². The van der Waals surface area contributed by atoms with Crippen LogP contribution in [0.1, 0.15) is 36.6 Å². The van der Waals surface area contributed by atoms with Gasteiger partial charge in [-0.05, 0) is 37.9 Å². The maximum Gasteiger partial charge on any atom is 0.0602 e. The lowest BCUT2D eigenvalue weighted by Crippen LogP contribution is -2.28. The summed E-state index contributed by atoms with van der Waals surface area (Å²) in [6.07, 6.45) is 5.76. The van der Waals surface area contributed by atoms with Crippen LogP contribution >= 0.6 is 0 Å². The van der Waals surface area contributed by atoms with Crippen LogP contribution in [0.15, 0.2) is 18.3 Å². The van der Waals surface area contributed by atoms with Gasteiger partial charge in [0.1, 0.15) is 0 Å². The van der Waals surface area contributed by atoms with Gasteiger partial charge in [-0.3, -0.25) is 4.98 Å². The van der Waals surface area contributed by atoms with Crippen LogP contribution in [0.25, 0.3) is 0 Å². The second-order valence-electron chi connectivity index (χ2n) is 3.71. The minimum atomic E-state index is 0.495. The smallest absolute Gasteiger partial charge is 0.0602 e. The highest BCUT2D eigenvalue weighted by atomic mass is 14.9. The van der Waals surface area contributed by atoms with Crippen molar-refractivity contribution in [2.45, 2.75) is 32.2 Å². The quantitative estimate of drug-likeness (QED) is 0.709. The molecule has 2 heteroatoms. The standard InChI is InChI=1S/C11H16N2/c1-9-5-4-8-13-11(9)10-6-2-3-7-12-10/h4-5,8,10,12H,2-3,6-7H2,1H3/t10-/m0/s1. The van der Waals surface area contributed by atoms with Crippen LogP contribution in [0, 0.1) is 6.92 Å². The molecule has 1 aromatic heterocycles. The van der Waals surface area contributed by atoms with E-state index in [0.717, 1.165) is 6.54 Å². The Bertz CT molecular complexity index is 277. The van der Waals surface area contributed by atoms with Crippen molar-refractivity contribution in [2.24, 2.45) is 0 Å². The molecule has 0 spiro atoms. The number of pyridine rings is 1. The highest BCUT2D eigenvalue weighted by Crippen LogP contribution is 2.23. The molecule has 2 heterocycles. The van der Waals surface area contributed by atoms with Crippen molar-refractivity contribution >= 4 is 0 Å². The normalized spacial score (nSPS) is 23.0. The van der Waals surface area contributed by atoms with Crippen molar-refractivity contribution in [2.75, 3.05) is 6.54 Å². The molecule has 2 rings (SSSR count). The SMILES string of the molecule is Cc1cccnc1[C@@H]1CCCCN1. The number of aromatic nitrogens is 1. The summed E-state index contributed by atoms with van der Waals surface area (Å²) in [6, 6.07) is 4.63. The van der Waals surface area contributed by atoms with E-state index in [1.54, 1.807) is 0 Å². The van der Waals surface area contributed by atoms with E-state index >= 15 is 0 Å². The Balaban J connectivity index is 2.18. The Kier molecular flexibility index (Phi) is 2.60. The molecule has 0 unspecified atom stereocenters. The Hall–Kier alpha value is -0.890. The largest absolute Gasteiger partial charge is 0.309 e. The molecule has 0 bridgehead atoms. The van der Waals surface area contributed by atoms with Crippen molar-refractivity contribution in [1.82, 2.24) is 10.3 Å². The average Bonchev–Trinajstić information content (AvgIpc) is 2.20. The van der Waals surface area contributed by atoms with E-state index in [0.29, 0.717) is 6.04 Å². The molecular formula is C11H16N2. The molecule has 1 saturated heterocycles. The highest BCUT2D eigenvalue weighted by molar-refractivity contribution is 5.21. The summed E-state index contributed by atoms with van der Waals surface area (Å²) in [7, 11) is 0. The lowest BCUT2D eigenvalue weighted by Gasteiger charge is -2.23. The number of nitrogens with one attached hydrogen (secondary N) is 1. The van der Waals surface area contributed by atoms with Gasteiger partial charge in [0.2, 0.25) is 0 Å². The molecule has 1 atom stereocenters. The first kappa shape index (κ1) is 8.70. The first-order valence-electron chi connectivity index (χ1n) is 5.03. The predicted molar refractivity (Wildman–Crippen MR) is 53.6 cm³/mol. The first-order chi connectivity index (χ1) is 6.38. The van der Waals surface area contributed by atoms with E-state index < -0.39 is 0 Å². The Labute approximate surface area is 79.4 Å². The Morgan fingerprint density at radius 1 is 1.46 bits per heavy atom. The topological polar surface area (TPSA) is 24.9 Å². The molecule has 0 aliphatic carbocycles. The summed E-state index contributed by atoms with van der Waals surface area (Å²) in [5.74, 6) is 0. The third-order valence-corrected chi connectivity index (χ3v) is 2.69. The molecule has 1 N–H and O–H groups in total. The number of piperidine rings is 1. The van der Waals surface area contributed by atoms with E-state index in [4.69, 9.17) is 0 Å². The molecule has 1 aliphatic rings. The predicted octanol–water partition coefficient (Wildman–Crippen LogP) is 2.20. The zero-order valence-electron chi connectivity index (χ0n) is 8.09. The van der Waals surface area contributed by atoms with Gasteiger partial charge in [0.25, 0.3) is 0 Å². The van der Waals surface area contributed by atoms with Gasteiger partial charge in [-0.15, -0.1) is 0 Å². The minimum absolute atomic E-state index is 0.495. The van der Waals surface area contributed by atoms with Crippen LogP contribution in [0.3, 0.4) is 0 Å². The lowest BCUT2D eigenvalue weighted by atomic mass is 9.99. The van der Waals surface area contributed by atoms with Crippen molar-refractivity contribution in [1.29, 1.82) is 0 Å². The number of nitrogens with zero attached hydrogens (tertiary/aromatic N) is 1. The third kappa shape index (κ3) is 1.89. The zero-order chi connectivity index (χ0) is 9.10. The molecule has 13 heavy (non-hydrogen) atoms. The second-order valence-corrected chi connectivity index (χ2v) is 3.71. The van der Waals surface area contributed by atoms with Crippen molar-refractivity contribution in [3.8, 4) is 0 Å². The van der Waals surface area contributed by atoms with Gasteiger partial charge >= 0.3 is 0 Å². The third-order valence-electron chi connectivity index (χ3n) is 2.69. The van der Waals surface area contributed by atoms with Crippen LogP contribution < -0.4 is 5.32 Å². The highest BCUT2D eigenvalue weighted by Gasteiger charge is 2.16. The first-order valence-corrected chi connectivity index (χ1v) is 5.03. The van der Waals surface area contributed by atoms with E-state index in [1.165, 1.54) is 30.5 Å². The number of hydrogen-bond acceptors (Lipinski definition) is 2. The van der Waals surface area contributed by atoms with Crippen LogP contribution in [-0.2, 0) is 0 Å². The van der Waals surface area contributed by atoms with Gasteiger partial charge in [-0.2, -0.15) is 0 Å². The molecular weight excluding hydrogens is 160 g/mol. The van der Waals surface area contributed by atoms with Crippen molar-refractivity contribution < 1.29 is 0 Å². The molecule has 70 valence electrons. The van der Waals surface area contributed by atoms with Gasteiger partial charge in [0.15, 0.2) is 0 Å². The summed E-state index contributed by atoms with van der Waals surface area (Å²) in [5, 5.41) is 3.51. The van der Waals surface area contributed by atoms with Crippen LogP contribution in [-0.4, -0.2) is 11.5 Å². The van der Waals surface area contributed by atoms with E-state index in [9.17, 15) is 0 Å². The van der Waals surface area contributed by atoms with Gasteiger partial charge in [-0.1, -0.05) is 12.5 Å². The number of hydrogen-bond donors (Lipinski definition) is 1. The Morgan fingerprint density at radius 2 is 2.38 bits per heavy atom. The average molecular weight is 176 g/mol. The molecule has 1 aliphatic heterocycles. The van der Waals surface area contributed by atoms with Gasteiger partial charge in [0.05, 0.1) is 5.69 Å². The summed E-state index contributed by atoms with van der Waals surface area (Å²) >= 11 is 0. The Morgan fingerprint density at radius 3 is 3.08 bits per heavy atom. The van der Waals surface area contributed by atoms with E-state index in [-0.39, 0.29) is 0 Å². The fourth-order valence-electron chi connectivity index (χ4n) is 1.95. The summed E-state index contributed by atoms with van der Waals surface area (Å²) < 4.78 is 0. The maximum atomic E-state index is 4.44.